The molecule has 0 fully saturated rings. The first kappa shape index (κ1) is 27.4. The van der Waals surface area contributed by atoms with Crippen LogP contribution in [0.2, 0.25) is 0 Å². The Bertz CT molecular complexity index is 374. The van der Waals surface area contributed by atoms with Gasteiger partial charge in [-0.1, -0.05) is 13.8 Å². The predicted octanol–water partition coefficient (Wildman–Crippen LogP) is 3.14. The molecule has 9 nitrogen and oxygen atoms in total. The summed E-state index contributed by atoms with van der Waals surface area (Å²) in [6, 6.07) is 0. The molecular weight excluding hydrogens is 452 g/mol. The van der Waals surface area contributed by atoms with Crippen molar-refractivity contribution in [1.82, 2.24) is 0 Å². The van der Waals surface area contributed by atoms with Gasteiger partial charge in [0.25, 0.3) is 0 Å². The first-order valence-corrected chi connectivity index (χ1v) is 12.2. The highest BCUT2D eigenvalue weighted by atomic mass is 35.5. The summed E-state index contributed by atoms with van der Waals surface area (Å²) in [6.07, 6.45) is 0.891. The maximum atomic E-state index is 12.0. The van der Waals surface area contributed by atoms with Gasteiger partial charge in [-0.05, 0) is 12.8 Å². The van der Waals surface area contributed by atoms with E-state index in [-0.39, 0.29) is 38.2 Å². The van der Waals surface area contributed by atoms with Crippen molar-refractivity contribution in [3.8, 4) is 0 Å². The molecule has 0 aliphatic carbocycles. The number of rotatable bonds is 16. The van der Waals surface area contributed by atoms with E-state index in [1.165, 1.54) is 0 Å². The maximum absolute atomic E-state index is 12.0. The van der Waals surface area contributed by atoms with Gasteiger partial charge in [0.15, 0.2) is 0 Å². The molecule has 0 aromatic heterocycles. The summed E-state index contributed by atoms with van der Waals surface area (Å²) in [5.74, 6) is 0.576. The molecule has 0 bridgehead atoms. The van der Waals surface area contributed by atoms with E-state index >= 15 is 0 Å². The van der Waals surface area contributed by atoms with E-state index in [2.05, 4.69) is 0 Å². The zero-order valence-electron chi connectivity index (χ0n) is 14.6. The Labute approximate surface area is 166 Å². The van der Waals surface area contributed by atoms with Crippen molar-refractivity contribution in [1.29, 1.82) is 0 Å². The Morgan fingerprint density at radius 1 is 0.808 bits per heavy atom. The minimum atomic E-state index is -2.85. The highest BCUT2D eigenvalue weighted by Crippen LogP contribution is 2.37. The van der Waals surface area contributed by atoms with Crippen LogP contribution in [0.25, 0.3) is 0 Å². The van der Waals surface area contributed by atoms with Crippen molar-refractivity contribution >= 4 is 48.7 Å². The average molecular weight is 479 g/mol. The zero-order chi connectivity index (χ0) is 20.2. The lowest BCUT2D eigenvalue weighted by Crippen LogP contribution is -2.29. The summed E-state index contributed by atoms with van der Waals surface area (Å²) in [4.78, 5) is 35.5. The molecule has 0 aromatic rings. The van der Waals surface area contributed by atoms with E-state index < -0.39 is 36.3 Å². The average Bonchev–Trinajstić information content (AvgIpc) is 2.55. The van der Waals surface area contributed by atoms with E-state index in [0.717, 1.165) is 0 Å². The van der Waals surface area contributed by atoms with E-state index in [1.54, 1.807) is 13.8 Å². The van der Waals surface area contributed by atoms with Gasteiger partial charge >= 0.3 is 25.5 Å². The molecule has 14 heteroatoms. The first-order chi connectivity index (χ1) is 12.1. The fourth-order valence-electron chi connectivity index (χ4n) is 1.76. The number of halogens is 2. The van der Waals surface area contributed by atoms with Crippen molar-refractivity contribution in [2.45, 2.75) is 26.7 Å². The quantitative estimate of drug-likeness (QED) is 0.195. The van der Waals surface area contributed by atoms with Gasteiger partial charge in [0.2, 0.25) is 0 Å². The van der Waals surface area contributed by atoms with Gasteiger partial charge in [0, 0.05) is 22.6 Å². The molecule has 0 aromatic carbocycles. The van der Waals surface area contributed by atoms with Gasteiger partial charge in [-0.15, -0.1) is 23.2 Å². The third kappa shape index (κ3) is 13.5. The van der Waals surface area contributed by atoms with Gasteiger partial charge in [-0.2, -0.15) is 0 Å². The molecule has 158 valence electrons. The lowest BCUT2D eigenvalue weighted by atomic mass is 9.90. The van der Waals surface area contributed by atoms with E-state index in [9.17, 15) is 4.57 Å². The molecule has 0 heterocycles. The Morgan fingerprint density at radius 3 is 1.42 bits per heavy atom. The largest absolute Gasteiger partial charge is 0.328 e. The Balaban J connectivity index is 4.50. The first-order valence-electron chi connectivity index (χ1n) is 7.59. The van der Waals surface area contributed by atoms with Crippen LogP contribution in [0.1, 0.15) is 26.7 Å². The van der Waals surface area contributed by atoms with Crippen molar-refractivity contribution in [3.63, 3.8) is 0 Å². The molecule has 0 saturated carbocycles. The number of hydrogen-bond donors (Lipinski definition) is 4. The number of hydrogen-bond acceptors (Lipinski definition) is 9. The van der Waals surface area contributed by atoms with Gasteiger partial charge < -0.3 is 37.7 Å². The lowest BCUT2D eigenvalue weighted by Gasteiger charge is -2.30. The lowest BCUT2D eigenvalue weighted by molar-refractivity contribution is 0.0567. The van der Waals surface area contributed by atoms with Gasteiger partial charge in [-0.3, -0.25) is 4.57 Å². The molecule has 2 unspecified atom stereocenters. The van der Waals surface area contributed by atoms with Crippen LogP contribution >= 0.6 is 48.7 Å². The second-order valence-electron chi connectivity index (χ2n) is 6.38. The van der Waals surface area contributed by atoms with Gasteiger partial charge in [0.05, 0.1) is 26.4 Å². The maximum Gasteiger partial charge on any atom is 0.327 e. The highest BCUT2D eigenvalue weighted by Gasteiger charge is 2.29. The summed E-state index contributed by atoms with van der Waals surface area (Å²) >= 11 is 11.5. The smallest absolute Gasteiger partial charge is 0.327 e. The van der Waals surface area contributed by atoms with Crippen molar-refractivity contribution < 1.29 is 42.2 Å². The van der Waals surface area contributed by atoms with Crippen molar-refractivity contribution in [3.05, 3.63) is 0 Å². The molecule has 0 radical (unpaired) electrons. The molecule has 2 atom stereocenters. The molecule has 0 spiro atoms. The van der Waals surface area contributed by atoms with E-state index in [1.807, 2.05) is 0 Å². The van der Waals surface area contributed by atoms with Crippen LogP contribution in [0.3, 0.4) is 0 Å². The second kappa shape index (κ2) is 14.4. The Hall–Kier alpha value is 1.35. The summed E-state index contributed by atoms with van der Waals surface area (Å²) in [7, 11) is -7.86. The predicted molar refractivity (Wildman–Crippen MR) is 102 cm³/mol. The van der Waals surface area contributed by atoms with Crippen LogP contribution in [0.4, 0.5) is 0 Å². The molecule has 0 rings (SSSR count). The highest BCUT2D eigenvalue weighted by molar-refractivity contribution is 7.39. The Morgan fingerprint density at radius 2 is 1.15 bits per heavy atom. The van der Waals surface area contributed by atoms with E-state index in [4.69, 9.17) is 60.9 Å². The van der Waals surface area contributed by atoms with Crippen LogP contribution in [0, 0.1) is 10.8 Å². The summed E-state index contributed by atoms with van der Waals surface area (Å²) in [6.45, 7) is 3.42. The van der Waals surface area contributed by atoms with Crippen LogP contribution in [0.15, 0.2) is 0 Å². The zero-order valence-corrected chi connectivity index (χ0v) is 18.9. The van der Waals surface area contributed by atoms with Crippen molar-refractivity contribution in [2.24, 2.45) is 10.8 Å². The molecule has 0 aliphatic rings. The van der Waals surface area contributed by atoms with Gasteiger partial charge in [-0.25, -0.2) is 0 Å². The van der Waals surface area contributed by atoms with Crippen molar-refractivity contribution in [2.75, 3.05) is 38.2 Å². The normalized spacial score (nSPS) is 18.1. The molecule has 26 heavy (non-hydrogen) atoms. The third-order valence-corrected chi connectivity index (χ3v) is 5.39. The summed E-state index contributed by atoms with van der Waals surface area (Å²) in [5.41, 5.74) is -1.33. The van der Waals surface area contributed by atoms with Gasteiger partial charge in [0.1, 0.15) is 0 Å². The second-order valence-corrected chi connectivity index (χ2v) is 9.74. The molecule has 0 saturated heterocycles. The molecule has 0 aliphatic heterocycles. The molecular formula is C12H27Cl2O9P3. The SMILES string of the molecule is CC(CCCl)(COP(O)O)CO[PH](=O)OCC(C)(CCCl)COP(O)O. The van der Waals surface area contributed by atoms with Crippen LogP contribution < -0.4 is 0 Å². The minimum absolute atomic E-state index is 0.0119. The standard InChI is InChI=1S/C12H27Cl2O9P3/c1-11(3-5-13,7-20-24(15)16)9-22-26(19)23-10-12(2,4-6-14)8-21-25(17)18/h15-18,26H,3-10H2,1-2H3. The summed E-state index contributed by atoms with van der Waals surface area (Å²) < 4.78 is 32.2. The van der Waals surface area contributed by atoms with Crippen LogP contribution in [-0.4, -0.2) is 57.8 Å². The minimum Gasteiger partial charge on any atom is -0.328 e. The third-order valence-electron chi connectivity index (χ3n) is 3.53. The topological polar surface area (TPSA) is 135 Å². The number of alkyl halides is 2. The summed E-state index contributed by atoms with van der Waals surface area (Å²) in [5, 5.41) is 0. The fraction of sp³-hybridized carbons (Fsp3) is 1.00. The monoisotopic (exact) mass is 478 g/mol. The molecule has 4 N–H and O–H groups in total. The van der Waals surface area contributed by atoms with E-state index in [0.29, 0.717) is 12.8 Å². The fourth-order valence-corrected chi connectivity index (χ4v) is 4.55. The molecule has 0 amide bonds. The van der Waals surface area contributed by atoms with Crippen LogP contribution in [0.5, 0.6) is 0 Å². The van der Waals surface area contributed by atoms with Crippen LogP contribution in [-0.2, 0) is 22.7 Å². The Kier molecular flexibility index (Phi) is 15.1.